The smallest absolute Gasteiger partial charge is 0.308 e. The van der Waals surface area contributed by atoms with Gasteiger partial charge in [0.2, 0.25) is 5.91 Å². The minimum Gasteiger partial charge on any atom is -0.369 e. The van der Waals surface area contributed by atoms with Gasteiger partial charge in [-0.15, -0.1) is 0 Å². The van der Waals surface area contributed by atoms with E-state index in [1.165, 1.54) is 23.9 Å². The molecule has 2 heterocycles. The van der Waals surface area contributed by atoms with Crippen molar-refractivity contribution in [3.63, 3.8) is 0 Å². The number of hydrogen-bond donors (Lipinski definition) is 1. The number of rotatable bonds is 3. The van der Waals surface area contributed by atoms with E-state index in [9.17, 15) is 19.7 Å². The number of primary amides is 1. The van der Waals surface area contributed by atoms with E-state index in [1.54, 1.807) is 4.90 Å². The zero-order chi connectivity index (χ0) is 14.9. The lowest BCUT2D eigenvalue weighted by Crippen LogP contribution is -2.39. The minimum absolute atomic E-state index is 0.107. The molecule has 20 heavy (non-hydrogen) atoms. The molecule has 1 aliphatic rings. The van der Waals surface area contributed by atoms with Crippen molar-refractivity contribution in [2.75, 3.05) is 18.0 Å². The largest absolute Gasteiger partial charge is 0.369 e. The van der Waals surface area contributed by atoms with Gasteiger partial charge in [0, 0.05) is 32.1 Å². The highest BCUT2D eigenvalue weighted by Gasteiger charge is 2.27. The molecule has 0 unspecified atom stereocenters. The second-order valence-electron chi connectivity index (χ2n) is 4.91. The summed E-state index contributed by atoms with van der Waals surface area (Å²) in [6.07, 6.45) is 2.31. The van der Waals surface area contributed by atoms with Crippen LogP contribution in [0.25, 0.3) is 0 Å². The number of carbonyl (C=O) groups excluding carboxylic acids is 1. The molecule has 1 fully saturated rings. The molecule has 1 aliphatic heterocycles. The average Bonchev–Trinajstić information content (AvgIpc) is 2.41. The average molecular weight is 280 g/mol. The number of aryl methyl sites for hydroxylation is 1. The van der Waals surface area contributed by atoms with Crippen LogP contribution in [0.4, 0.5) is 11.4 Å². The summed E-state index contributed by atoms with van der Waals surface area (Å²) < 4.78 is 1.18. The molecule has 108 valence electrons. The quantitative estimate of drug-likeness (QED) is 0.618. The third kappa shape index (κ3) is 2.63. The third-order valence-electron chi connectivity index (χ3n) is 3.62. The van der Waals surface area contributed by atoms with Gasteiger partial charge in [-0.3, -0.25) is 19.7 Å². The van der Waals surface area contributed by atoms with Gasteiger partial charge in [0.25, 0.3) is 5.56 Å². The number of nitrogens with zero attached hydrogens (tertiary/aromatic N) is 3. The zero-order valence-electron chi connectivity index (χ0n) is 11.1. The number of hydrogen-bond acceptors (Lipinski definition) is 5. The first-order valence-corrected chi connectivity index (χ1v) is 6.29. The van der Waals surface area contributed by atoms with Gasteiger partial charge in [-0.2, -0.15) is 0 Å². The molecule has 1 saturated heterocycles. The van der Waals surface area contributed by atoms with E-state index in [0.29, 0.717) is 31.6 Å². The van der Waals surface area contributed by atoms with Crippen molar-refractivity contribution in [2.45, 2.75) is 12.8 Å². The fourth-order valence-electron chi connectivity index (χ4n) is 2.40. The fraction of sp³-hybridized carbons (Fsp3) is 0.500. The first-order valence-electron chi connectivity index (χ1n) is 6.29. The Kier molecular flexibility index (Phi) is 3.73. The van der Waals surface area contributed by atoms with E-state index in [-0.39, 0.29) is 23.1 Å². The molecular weight excluding hydrogens is 264 g/mol. The lowest BCUT2D eigenvalue weighted by molar-refractivity contribution is -0.384. The Morgan fingerprint density at radius 2 is 2.05 bits per heavy atom. The maximum Gasteiger partial charge on any atom is 0.308 e. The Balaban J connectivity index is 2.30. The number of carbonyl (C=O) groups is 1. The Bertz CT molecular complexity index is 602. The van der Waals surface area contributed by atoms with E-state index in [2.05, 4.69) is 0 Å². The monoisotopic (exact) mass is 280 g/mol. The van der Waals surface area contributed by atoms with Gasteiger partial charge in [-0.05, 0) is 12.8 Å². The topological polar surface area (TPSA) is 111 Å². The second kappa shape index (κ2) is 5.32. The Morgan fingerprint density at radius 1 is 1.45 bits per heavy atom. The molecule has 8 heteroatoms. The first kappa shape index (κ1) is 14.0. The van der Waals surface area contributed by atoms with Gasteiger partial charge in [0.1, 0.15) is 5.69 Å². The number of piperidine rings is 1. The molecule has 0 bridgehead atoms. The number of amides is 1. The normalized spacial score (nSPS) is 16.1. The molecule has 8 nitrogen and oxygen atoms in total. The molecule has 0 radical (unpaired) electrons. The summed E-state index contributed by atoms with van der Waals surface area (Å²) in [6, 6.07) is 1.27. The van der Waals surface area contributed by atoms with Gasteiger partial charge in [-0.1, -0.05) is 0 Å². The molecule has 1 aromatic rings. The minimum atomic E-state index is -0.505. The third-order valence-corrected chi connectivity index (χ3v) is 3.62. The summed E-state index contributed by atoms with van der Waals surface area (Å²) in [6.45, 7) is 0.948. The van der Waals surface area contributed by atoms with Crippen LogP contribution < -0.4 is 16.2 Å². The van der Waals surface area contributed by atoms with Crippen LogP contribution in [0.5, 0.6) is 0 Å². The van der Waals surface area contributed by atoms with Crippen molar-refractivity contribution in [2.24, 2.45) is 18.7 Å². The van der Waals surface area contributed by atoms with E-state index in [1.807, 2.05) is 0 Å². The van der Waals surface area contributed by atoms with Gasteiger partial charge in [0.05, 0.1) is 11.1 Å². The van der Waals surface area contributed by atoms with Crippen molar-refractivity contribution in [1.82, 2.24) is 4.57 Å². The van der Waals surface area contributed by atoms with Gasteiger partial charge >= 0.3 is 5.69 Å². The molecular formula is C12H16N4O4. The van der Waals surface area contributed by atoms with Gasteiger partial charge < -0.3 is 15.2 Å². The van der Waals surface area contributed by atoms with Crippen LogP contribution in [-0.4, -0.2) is 28.5 Å². The van der Waals surface area contributed by atoms with Crippen LogP contribution in [0.3, 0.4) is 0 Å². The number of nitrogens with two attached hydrogens (primary N) is 1. The summed E-state index contributed by atoms with van der Waals surface area (Å²) in [5.74, 6) is -0.542. The standard InChI is InChI=1S/C12H16N4O4/c1-14-7-10(16(19)20)9(6-11(14)17)15-4-2-8(3-5-15)12(13)18/h6-8H,2-5H2,1H3,(H2,13,18). The summed E-state index contributed by atoms with van der Waals surface area (Å²) >= 11 is 0. The Hall–Kier alpha value is -2.38. The van der Waals surface area contributed by atoms with Crippen LogP contribution in [-0.2, 0) is 11.8 Å². The molecule has 1 amide bonds. The first-order chi connectivity index (χ1) is 9.40. The molecule has 2 N–H and O–H groups in total. The highest BCUT2D eigenvalue weighted by atomic mass is 16.6. The highest BCUT2D eigenvalue weighted by Crippen LogP contribution is 2.29. The maximum absolute atomic E-state index is 11.7. The Morgan fingerprint density at radius 3 is 2.55 bits per heavy atom. The lowest BCUT2D eigenvalue weighted by Gasteiger charge is -2.31. The molecule has 0 atom stereocenters. The van der Waals surface area contributed by atoms with E-state index >= 15 is 0 Å². The van der Waals surface area contributed by atoms with Gasteiger partial charge in [-0.25, -0.2) is 0 Å². The zero-order valence-corrected chi connectivity index (χ0v) is 11.1. The number of pyridine rings is 1. The van der Waals surface area contributed by atoms with Crippen LogP contribution >= 0.6 is 0 Å². The van der Waals surface area contributed by atoms with Crippen molar-refractivity contribution >= 4 is 17.3 Å². The van der Waals surface area contributed by atoms with Crippen molar-refractivity contribution in [3.8, 4) is 0 Å². The summed E-state index contributed by atoms with van der Waals surface area (Å²) in [4.78, 5) is 35.1. The molecule has 0 aliphatic carbocycles. The predicted molar refractivity (Wildman–Crippen MR) is 72.5 cm³/mol. The fourth-order valence-corrected chi connectivity index (χ4v) is 2.40. The molecule has 0 saturated carbocycles. The maximum atomic E-state index is 11.7. The van der Waals surface area contributed by atoms with E-state index < -0.39 is 4.92 Å². The van der Waals surface area contributed by atoms with E-state index in [4.69, 9.17) is 5.73 Å². The van der Waals surface area contributed by atoms with Crippen molar-refractivity contribution < 1.29 is 9.72 Å². The molecule has 1 aromatic heterocycles. The highest BCUT2D eigenvalue weighted by molar-refractivity contribution is 5.77. The molecule has 0 aromatic carbocycles. The number of aromatic nitrogens is 1. The summed E-state index contributed by atoms with van der Waals surface area (Å²) in [7, 11) is 1.47. The molecule has 2 rings (SSSR count). The molecule has 0 spiro atoms. The number of anilines is 1. The summed E-state index contributed by atoms with van der Waals surface area (Å²) in [5, 5.41) is 11.1. The van der Waals surface area contributed by atoms with Crippen molar-refractivity contribution in [1.29, 1.82) is 0 Å². The lowest BCUT2D eigenvalue weighted by atomic mass is 9.96. The number of nitro groups is 1. The van der Waals surface area contributed by atoms with Crippen LogP contribution in [0.2, 0.25) is 0 Å². The Labute approximate surface area is 114 Å². The second-order valence-corrected chi connectivity index (χ2v) is 4.91. The SMILES string of the molecule is Cn1cc([N+](=O)[O-])c(N2CCC(C(N)=O)CC2)cc1=O. The van der Waals surface area contributed by atoms with Crippen LogP contribution in [0.1, 0.15) is 12.8 Å². The van der Waals surface area contributed by atoms with Crippen LogP contribution in [0.15, 0.2) is 17.1 Å². The van der Waals surface area contributed by atoms with E-state index in [0.717, 1.165) is 0 Å². The summed E-state index contributed by atoms with van der Waals surface area (Å²) in [5.41, 5.74) is 5.15. The predicted octanol–water partition coefficient (Wildman–Crippen LogP) is -0.00480. The van der Waals surface area contributed by atoms with Gasteiger partial charge in [0.15, 0.2) is 0 Å². The van der Waals surface area contributed by atoms with Crippen LogP contribution in [0, 0.1) is 16.0 Å². The van der Waals surface area contributed by atoms with Crippen molar-refractivity contribution in [3.05, 3.63) is 32.7 Å².